The van der Waals surface area contributed by atoms with E-state index in [0.29, 0.717) is 11.4 Å². The van der Waals surface area contributed by atoms with Crippen molar-refractivity contribution in [3.63, 3.8) is 0 Å². The normalized spacial score (nSPS) is 11.5. The highest BCUT2D eigenvalue weighted by Crippen LogP contribution is 2.14. The highest BCUT2D eigenvalue weighted by atomic mass is 16.6. The molecule has 1 atom stereocenters. The molecule has 2 aromatic rings. The first-order valence-corrected chi connectivity index (χ1v) is 7.70. The Labute approximate surface area is 141 Å². The minimum atomic E-state index is -0.790. The Kier molecular flexibility index (Phi) is 5.95. The molecule has 0 aliphatic carbocycles. The van der Waals surface area contributed by atoms with Crippen molar-refractivity contribution in [2.45, 2.75) is 26.9 Å². The molecule has 2 rings (SSSR count). The van der Waals surface area contributed by atoms with Crippen LogP contribution in [-0.4, -0.2) is 24.6 Å². The van der Waals surface area contributed by atoms with Gasteiger partial charge in [-0.2, -0.15) is 0 Å². The Morgan fingerprint density at radius 3 is 2.29 bits per heavy atom. The maximum absolute atomic E-state index is 11.9. The summed E-state index contributed by atoms with van der Waals surface area (Å²) in [4.78, 5) is 23.8. The Hall–Kier alpha value is -2.82. The van der Waals surface area contributed by atoms with E-state index in [1.54, 1.807) is 19.1 Å². The van der Waals surface area contributed by atoms with Gasteiger partial charge in [-0.3, -0.25) is 4.79 Å². The number of ether oxygens (including phenoxy) is 2. The average molecular weight is 327 g/mol. The van der Waals surface area contributed by atoms with Gasteiger partial charge >= 0.3 is 5.97 Å². The number of aryl methyl sites for hydroxylation is 2. The molecule has 0 radical (unpaired) electrons. The molecule has 5 nitrogen and oxygen atoms in total. The van der Waals surface area contributed by atoms with Gasteiger partial charge in [0.05, 0.1) is 0 Å². The van der Waals surface area contributed by atoms with Crippen LogP contribution in [0.15, 0.2) is 48.5 Å². The lowest BCUT2D eigenvalue weighted by Crippen LogP contribution is -2.29. The van der Waals surface area contributed by atoms with Crippen LogP contribution in [0.1, 0.15) is 18.1 Å². The molecule has 0 unspecified atom stereocenters. The summed E-state index contributed by atoms with van der Waals surface area (Å²) in [6, 6.07) is 14.7. The van der Waals surface area contributed by atoms with E-state index < -0.39 is 12.1 Å². The lowest BCUT2D eigenvalue weighted by atomic mass is 10.1. The largest absolute Gasteiger partial charge is 0.479 e. The number of benzene rings is 2. The lowest BCUT2D eigenvalue weighted by Gasteiger charge is -2.14. The molecule has 0 aromatic heterocycles. The fraction of sp³-hybridized carbons (Fsp3) is 0.263. The number of anilines is 1. The second-order valence-corrected chi connectivity index (χ2v) is 5.61. The first-order chi connectivity index (χ1) is 11.4. The third-order valence-corrected chi connectivity index (χ3v) is 3.24. The van der Waals surface area contributed by atoms with Gasteiger partial charge in [0.1, 0.15) is 5.75 Å². The number of nitrogens with one attached hydrogen (secondary N) is 1. The third kappa shape index (κ3) is 5.43. The summed E-state index contributed by atoms with van der Waals surface area (Å²) in [6.07, 6.45) is -0.790. The minimum absolute atomic E-state index is 0.353. The van der Waals surface area contributed by atoms with Crippen LogP contribution in [0.25, 0.3) is 0 Å². The summed E-state index contributed by atoms with van der Waals surface area (Å²) in [7, 11) is 0. The van der Waals surface area contributed by atoms with Gasteiger partial charge in [-0.15, -0.1) is 0 Å². The van der Waals surface area contributed by atoms with Gasteiger partial charge in [-0.05, 0) is 56.2 Å². The Morgan fingerprint density at radius 1 is 1.04 bits per heavy atom. The number of carbonyl (C=O) groups excluding carboxylic acids is 2. The molecule has 1 N–H and O–H groups in total. The van der Waals surface area contributed by atoms with Crippen LogP contribution in [0.3, 0.4) is 0 Å². The molecular weight excluding hydrogens is 306 g/mol. The number of carbonyl (C=O) groups is 2. The number of esters is 1. The maximum atomic E-state index is 11.9. The molecule has 5 heteroatoms. The van der Waals surface area contributed by atoms with Gasteiger partial charge in [0.15, 0.2) is 12.7 Å². The predicted molar refractivity (Wildman–Crippen MR) is 92.0 cm³/mol. The van der Waals surface area contributed by atoms with Crippen molar-refractivity contribution < 1.29 is 19.1 Å². The van der Waals surface area contributed by atoms with Crippen LogP contribution in [0.4, 0.5) is 5.69 Å². The maximum Gasteiger partial charge on any atom is 0.347 e. The van der Waals surface area contributed by atoms with Crippen molar-refractivity contribution in [3.05, 3.63) is 59.7 Å². The second-order valence-electron chi connectivity index (χ2n) is 5.61. The standard InChI is InChI=1S/C19H21NO4/c1-13-9-14(2)11-16(10-13)20-18(21)12-23-19(22)15(3)24-17-7-5-4-6-8-17/h4-11,15H,12H2,1-3H3,(H,20,21)/t15-/m0/s1. The monoisotopic (exact) mass is 327 g/mol. The summed E-state index contributed by atoms with van der Waals surface area (Å²) < 4.78 is 10.4. The van der Waals surface area contributed by atoms with E-state index in [1.165, 1.54) is 0 Å². The van der Waals surface area contributed by atoms with Crippen LogP contribution < -0.4 is 10.1 Å². The minimum Gasteiger partial charge on any atom is -0.479 e. The zero-order valence-corrected chi connectivity index (χ0v) is 14.0. The van der Waals surface area contributed by atoms with Gasteiger partial charge in [-0.1, -0.05) is 24.3 Å². The van der Waals surface area contributed by atoms with Gasteiger partial charge in [0.2, 0.25) is 0 Å². The van der Waals surface area contributed by atoms with Crippen molar-refractivity contribution in [3.8, 4) is 5.75 Å². The molecule has 1 amide bonds. The number of para-hydroxylation sites is 1. The molecule has 0 saturated heterocycles. The first kappa shape index (κ1) is 17.5. The molecule has 0 saturated carbocycles. The van der Waals surface area contributed by atoms with Crippen LogP contribution >= 0.6 is 0 Å². The van der Waals surface area contributed by atoms with Gasteiger partial charge in [-0.25, -0.2) is 4.79 Å². The fourth-order valence-corrected chi connectivity index (χ4v) is 2.25. The Bertz CT molecular complexity index is 692. The van der Waals surface area contributed by atoms with Crippen LogP contribution in [-0.2, 0) is 14.3 Å². The van der Waals surface area contributed by atoms with Gasteiger partial charge in [0.25, 0.3) is 5.91 Å². The first-order valence-electron chi connectivity index (χ1n) is 7.70. The van der Waals surface area contributed by atoms with Crippen LogP contribution in [0.2, 0.25) is 0 Å². The van der Waals surface area contributed by atoms with Crippen molar-refractivity contribution in [2.24, 2.45) is 0 Å². The highest BCUT2D eigenvalue weighted by molar-refractivity contribution is 5.93. The van der Waals surface area contributed by atoms with E-state index in [2.05, 4.69) is 5.32 Å². The van der Waals surface area contributed by atoms with E-state index in [9.17, 15) is 9.59 Å². The molecule has 0 fully saturated rings. The number of amides is 1. The topological polar surface area (TPSA) is 64.6 Å². The summed E-state index contributed by atoms with van der Waals surface area (Å²) in [5.74, 6) is -0.406. The van der Waals surface area contributed by atoms with Crippen molar-refractivity contribution in [1.82, 2.24) is 0 Å². The smallest absolute Gasteiger partial charge is 0.347 e. The van der Waals surface area contributed by atoms with Crippen LogP contribution in [0.5, 0.6) is 5.75 Å². The Morgan fingerprint density at radius 2 is 1.67 bits per heavy atom. The van der Waals surface area contributed by atoms with Crippen molar-refractivity contribution in [2.75, 3.05) is 11.9 Å². The van der Waals surface area contributed by atoms with Gasteiger partial charge < -0.3 is 14.8 Å². The zero-order valence-electron chi connectivity index (χ0n) is 14.0. The molecule has 2 aromatic carbocycles. The summed E-state index contributed by atoms with van der Waals surface area (Å²) in [5.41, 5.74) is 2.78. The summed E-state index contributed by atoms with van der Waals surface area (Å²) >= 11 is 0. The number of hydrogen-bond donors (Lipinski definition) is 1. The molecule has 0 heterocycles. The quantitative estimate of drug-likeness (QED) is 0.827. The van der Waals surface area contributed by atoms with E-state index in [4.69, 9.17) is 9.47 Å². The summed E-state index contributed by atoms with van der Waals surface area (Å²) in [5, 5.41) is 2.71. The summed E-state index contributed by atoms with van der Waals surface area (Å²) in [6.45, 7) is 5.13. The molecule has 0 bridgehead atoms. The predicted octanol–water partition coefficient (Wildman–Crippen LogP) is 3.25. The van der Waals surface area contributed by atoms with E-state index in [1.807, 2.05) is 50.2 Å². The second kappa shape index (κ2) is 8.15. The average Bonchev–Trinajstić information content (AvgIpc) is 2.52. The van der Waals surface area contributed by atoms with Gasteiger partial charge in [0, 0.05) is 5.69 Å². The number of rotatable bonds is 6. The molecule has 0 spiro atoms. The van der Waals surface area contributed by atoms with E-state index in [0.717, 1.165) is 11.1 Å². The van der Waals surface area contributed by atoms with Crippen LogP contribution in [0, 0.1) is 13.8 Å². The van der Waals surface area contributed by atoms with E-state index in [-0.39, 0.29) is 12.5 Å². The zero-order chi connectivity index (χ0) is 17.5. The molecule has 0 aliphatic heterocycles. The van der Waals surface area contributed by atoms with Crippen molar-refractivity contribution >= 4 is 17.6 Å². The molecule has 24 heavy (non-hydrogen) atoms. The van der Waals surface area contributed by atoms with E-state index >= 15 is 0 Å². The Balaban J connectivity index is 1.81. The molecule has 0 aliphatic rings. The lowest BCUT2D eigenvalue weighted by molar-refractivity contribution is -0.153. The SMILES string of the molecule is Cc1cc(C)cc(NC(=O)COC(=O)[C@H](C)Oc2ccccc2)c1. The highest BCUT2D eigenvalue weighted by Gasteiger charge is 2.17. The molecule has 126 valence electrons. The van der Waals surface area contributed by atoms with Crippen molar-refractivity contribution in [1.29, 1.82) is 0 Å². The fourth-order valence-electron chi connectivity index (χ4n) is 2.25. The number of hydrogen-bond acceptors (Lipinski definition) is 4. The third-order valence-electron chi connectivity index (χ3n) is 3.24. The molecular formula is C19H21NO4.